The summed E-state index contributed by atoms with van der Waals surface area (Å²) in [4.78, 5) is 12.5. The molecule has 1 aliphatic rings. The standard InChI is InChI=1S/C18H26O2/c1-7-18(12(2)19)15(20)13-10-8-9-11-14(13)16(3,4)17(18,5)6/h8-11,15,20H,7H2,1-6H3. The van der Waals surface area contributed by atoms with E-state index < -0.39 is 11.5 Å². The predicted octanol–water partition coefficient (Wildman–Crippen LogP) is 4.02. The van der Waals surface area contributed by atoms with E-state index in [1.807, 2.05) is 25.1 Å². The fraction of sp³-hybridized carbons (Fsp3) is 0.611. The van der Waals surface area contributed by atoms with Crippen molar-refractivity contribution >= 4 is 5.78 Å². The molecule has 2 nitrogen and oxygen atoms in total. The summed E-state index contributed by atoms with van der Waals surface area (Å²) in [6.07, 6.45) is -0.0851. The smallest absolute Gasteiger partial charge is 0.139 e. The zero-order chi connectivity index (χ0) is 15.3. The van der Waals surface area contributed by atoms with Crippen LogP contribution < -0.4 is 0 Å². The summed E-state index contributed by atoms with van der Waals surface area (Å²) < 4.78 is 0. The molecule has 0 bridgehead atoms. The van der Waals surface area contributed by atoms with Crippen molar-refractivity contribution in [1.29, 1.82) is 0 Å². The highest BCUT2D eigenvalue weighted by Gasteiger charge is 2.63. The van der Waals surface area contributed by atoms with Crippen LogP contribution in [0.25, 0.3) is 0 Å². The largest absolute Gasteiger partial charge is 0.387 e. The first-order valence-electron chi connectivity index (χ1n) is 7.43. The van der Waals surface area contributed by atoms with Gasteiger partial charge in [0.2, 0.25) is 0 Å². The van der Waals surface area contributed by atoms with Crippen LogP contribution in [-0.2, 0) is 10.2 Å². The Hall–Kier alpha value is -1.15. The molecule has 0 fully saturated rings. The molecule has 0 saturated heterocycles. The maximum atomic E-state index is 12.5. The Morgan fingerprint density at radius 3 is 2.25 bits per heavy atom. The van der Waals surface area contributed by atoms with Crippen molar-refractivity contribution in [1.82, 2.24) is 0 Å². The summed E-state index contributed by atoms with van der Waals surface area (Å²) in [5, 5.41) is 11.0. The maximum absolute atomic E-state index is 12.5. The van der Waals surface area contributed by atoms with E-state index in [1.54, 1.807) is 6.92 Å². The molecule has 2 rings (SSSR count). The minimum absolute atomic E-state index is 0.0834. The second kappa shape index (κ2) is 4.42. The predicted molar refractivity (Wildman–Crippen MR) is 81.6 cm³/mol. The molecular weight excluding hydrogens is 248 g/mol. The van der Waals surface area contributed by atoms with E-state index in [1.165, 1.54) is 0 Å². The number of fused-ring (bicyclic) bond motifs is 1. The van der Waals surface area contributed by atoms with E-state index in [-0.39, 0.29) is 16.6 Å². The lowest BCUT2D eigenvalue weighted by atomic mass is 9.43. The molecule has 0 heterocycles. The number of aliphatic hydroxyl groups excluding tert-OH is 1. The van der Waals surface area contributed by atoms with E-state index in [4.69, 9.17) is 0 Å². The first-order chi connectivity index (χ1) is 9.14. The molecule has 20 heavy (non-hydrogen) atoms. The molecular formula is C18H26O2. The Bertz CT molecular complexity index is 542. The highest BCUT2D eigenvalue weighted by atomic mass is 16.3. The molecule has 2 atom stereocenters. The number of ketones is 1. The zero-order valence-electron chi connectivity index (χ0n) is 13.4. The molecule has 2 heteroatoms. The molecule has 0 saturated carbocycles. The minimum Gasteiger partial charge on any atom is -0.387 e. The van der Waals surface area contributed by atoms with Crippen molar-refractivity contribution < 1.29 is 9.90 Å². The highest BCUT2D eigenvalue weighted by molar-refractivity contribution is 5.85. The van der Waals surface area contributed by atoms with Crippen LogP contribution in [0.1, 0.15) is 65.2 Å². The SMILES string of the molecule is CCC1(C(C)=O)C(O)c2ccccc2C(C)(C)C1(C)C. The average molecular weight is 274 g/mol. The fourth-order valence-electron chi connectivity index (χ4n) is 4.32. The van der Waals surface area contributed by atoms with Crippen molar-refractivity contribution in [3.8, 4) is 0 Å². The number of carbonyl (C=O) groups excluding carboxylic acids is 1. The topological polar surface area (TPSA) is 37.3 Å². The van der Waals surface area contributed by atoms with Gasteiger partial charge in [-0.15, -0.1) is 0 Å². The van der Waals surface area contributed by atoms with Gasteiger partial charge in [0.25, 0.3) is 0 Å². The van der Waals surface area contributed by atoms with Crippen molar-refractivity contribution in [2.24, 2.45) is 10.8 Å². The number of Topliss-reactive ketones (excluding diaryl/α,β-unsaturated/α-hetero) is 1. The van der Waals surface area contributed by atoms with Gasteiger partial charge in [-0.3, -0.25) is 4.79 Å². The van der Waals surface area contributed by atoms with Gasteiger partial charge >= 0.3 is 0 Å². The van der Waals surface area contributed by atoms with E-state index in [9.17, 15) is 9.90 Å². The second-order valence-corrected chi connectivity index (χ2v) is 7.12. The van der Waals surface area contributed by atoms with E-state index >= 15 is 0 Å². The summed E-state index contributed by atoms with van der Waals surface area (Å²) in [7, 11) is 0. The number of hydrogen-bond donors (Lipinski definition) is 1. The number of carbonyl (C=O) groups is 1. The van der Waals surface area contributed by atoms with Gasteiger partial charge in [-0.05, 0) is 35.3 Å². The maximum Gasteiger partial charge on any atom is 0.139 e. The fourth-order valence-corrected chi connectivity index (χ4v) is 4.32. The summed E-state index contributed by atoms with van der Waals surface area (Å²) in [5.74, 6) is 0.0834. The van der Waals surface area contributed by atoms with Gasteiger partial charge < -0.3 is 5.11 Å². The molecule has 0 amide bonds. The third-order valence-corrected chi connectivity index (χ3v) is 6.26. The summed E-state index contributed by atoms with van der Waals surface area (Å²) in [6.45, 7) is 12.2. The van der Waals surface area contributed by atoms with Gasteiger partial charge in [0.15, 0.2) is 0 Å². The van der Waals surface area contributed by atoms with Gasteiger partial charge in [0, 0.05) is 0 Å². The van der Waals surface area contributed by atoms with Crippen molar-refractivity contribution in [2.75, 3.05) is 0 Å². The lowest BCUT2D eigenvalue weighted by Crippen LogP contribution is -2.59. The van der Waals surface area contributed by atoms with Gasteiger partial charge in [0.1, 0.15) is 5.78 Å². The molecule has 0 radical (unpaired) electrons. The van der Waals surface area contributed by atoms with Gasteiger partial charge in [-0.25, -0.2) is 0 Å². The molecule has 1 aromatic carbocycles. The van der Waals surface area contributed by atoms with Crippen LogP contribution in [0.15, 0.2) is 24.3 Å². The van der Waals surface area contributed by atoms with Crippen molar-refractivity contribution in [3.05, 3.63) is 35.4 Å². The first kappa shape index (κ1) is 15.2. The number of rotatable bonds is 2. The van der Waals surface area contributed by atoms with Crippen molar-refractivity contribution in [3.63, 3.8) is 0 Å². The van der Waals surface area contributed by atoms with Crippen LogP contribution in [0.4, 0.5) is 0 Å². The van der Waals surface area contributed by atoms with Crippen LogP contribution in [0.2, 0.25) is 0 Å². The quantitative estimate of drug-likeness (QED) is 0.884. The average Bonchev–Trinajstić information content (AvgIpc) is 2.37. The lowest BCUT2D eigenvalue weighted by molar-refractivity contribution is -0.159. The van der Waals surface area contributed by atoms with Gasteiger partial charge in [-0.1, -0.05) is 58.9 Å². The Balaban J connectivity index is 2.85. The van der Waals surface area contributed by atoms with E-state index in [0.29, 0.717) is 6.42 Å². The molecule has 1 N–H and O–H groups in total. The molecule has 0 aromatic heterocycles. The Labute approximate surface area is 122 Å². The number of hydrogen-bond acceptors (Lipinski definition) is 2. The third kappa shape index (κ3) is 1.52. The normalized spacial score (nSPS) is 30.6. The lowest BCUT2D eigenvalue weighted by Gasteiger charge is -2.60. The molecule has 0 spiro atoms. The third-order valence-electron chi connectivity index (χ3n) is 6.26. The molecule has 1 aliphatic carbocycles. The highest BCUT2D eigenvalue weighted by Crippen LogP contribution is 2.64. The van der Waals surface area contributed by atoms with Crippen LogP contribution in [0.5, 0.6) is 0 Å². The van der Waals surface area contributed by atoms with Crippen LogP contribution in [0.3, 0.4) is 0 Å². The van der Waals surface area contributed by atoms with Crippen LogP contribution in [-0.4, -0.2) is 10.9 Å². The molecule has 110 valence electrons. The van der Waals surface area contributed by atoms with E-state index in [2.05, 4.69) is 33.8 Å². The Morgan fingerprint density at radius 1 is 1.20 bits per heavy atom. The molecule has 1 aromatic rings. The molecule has 0 aliphatic heterocycles. The summed E-state index contributed by atoms with van der Waals surface area (Å²) in [6, 6.07) is 8.00. The van der Waals surface area contributed by atoms with Gasteiger partial charge in [-0.2, -0.15) is 0 Å². The molecule has 2 unspecified atom stereocenters. The van der Waals surface area contributed by atoms with Gasteiger partial charge in [0.05, 0.1) is 11.5 Å². The van der Waals surface area contributed by atoms with Crippen LogP contribution >= 0.6 is 0 Å². The number of aliphatic hydroxyl groups is 1. The number of benzene rings is 1. The zero-order valence-corrected chi connectivity index (χ0v) is 13.4. The van der Waals surface area contributed by atoms with Crippen LogP contribution in [0, 0.1) is 10.8 Å². The first-order valence-corrected chi connectivity index (χ1v) is 7.43. The Morgan fingerprint density at radius 2 is 1.75 bits per heavy atom. The Kier molecular flexibility index (Phi) is 3.37. The van der Waals surface area contributed by atoms with Crippen molar-refractivity contribution in [2.45, 2.75) is 59.5 Å². The second-order valence-electron chi connectivity index (χ2n) is 7.12. The van der Waals surface area contributed by atoms with E-state index in [0.717, 1.165) is 11.1 Å². The summed E-state index contributed by atoms with van der Waals surface area (Å²) in [5.41, 5.74) is 0.834. The summed E-state index contributed by atoms with van der Waals surface area (Å²) >= 11 is 0. The monoisotopic (exact) mass is 274 g/mol. The minimum atomic E-state index is -0.732.